The molecule has 0 spiro atoms. The number of anilines is 1. The van der Waals surface area contributed by atoms with Gasteiger partial charge in [0.2, 0.25) is 5.95 Å². The van der Waals surface area contributed by atoms with Crippen LogP contribution in [-0.4, -0.2) is 93.1 Å². The number of aryl methyl sites for hydroxylation is 2. The Morgan fingerprint density at radius 1 is 1.11 bits per heavy atom. The molecular weight excluding hydrogens is 508 g/mol. The summed E-state index contributed by atoms with van der Waals surface area (Å²) in [6.07, 6.45) is 1.89. The highest BCUT2D eigenvalue weighted by atomic mass is 32.2. The van der Waals surface area contributed by atoms with Gasteiger partial charge in [-0.2, -0.15) is 9.97 Å². The number of β-amino-alcohol motifs (C(OH)–C–C–N with tert-alkyl or cyclic N) is 1. The van der Waals surface area contributed by atoms with Crippen molar-refractivity contribution < 1.29 is 18.6 Å². The maximum atomic E-state index is 11.8. The highest BCUT2D eigenvalue weighted by molar-refractivity contribution is 7.79. The van der Waals surface area contributed by atoms with Crippen molar-refractivity contribution in [3.05, 3.63) is 35.9 Å². The zero-order valence-electron chi connectivity index (χ0n) is 21.6. The van der Waals surface area contributed by atoms with Crippen molar-refractivity contribution >= 4 is 39.1 Å². The van der Waals surface area contributed by atoms with Gasteiger partial charge in [0, 0.05) is 33.1 Å². The number of hydrogen-bond donors (Lipinski definition) is 2. The third-order valence-corrected chi connectivity index (χ3v) is 7.99. The van der Waals surface area contributed by atoms with E-state index < -0.39 is 16.7 Å². The van der Waals surface area contributed by atoms with Gasteiger partial charge in [-0.15, -0.1) is 0 Å². The number of para-hydroxylation sites is 2. The summed E-state index contributed by atoms with van der Waals surface area (Å²) in [6.45, 7) is 5.44. The van der Waals surface area contributed by atoms with Crippen molar-refractivity contribution in [1.29, 1.82) is 0 Å². The Morgan fingerprint density at radius 2 is 1.89 bits per heavy atom. The molecule has 2 saturated heterocycles. The first-order valence-electron chi connectivity index (χ1n) is 12.9. The Hall–Kier alpha value is -2.97. The van der Waals surface area contributed by atoms with E-state index in [1.165, 1.54) is 0 Å². The summed E-state index contributed by atoms with van der Waals surface area (Å²) in [5.41, 5.74) is 1.75. The predicted octanol–water partition coefficient (Wildman–Crippen LogP) is 1.56. The number of imidazole rings is 2. The van der Waals surface area contributed by atoms with Crippen LogP contribution >= 0.6 is 0 Å². The first-order valence-corrected chi connectivity index (χ1v) is 14.2. The first-order chi connectivity index (χ1) is 18.4. The quantitative estimate of drug-likeness (QED) is 0.347. The number of aliphatic hydroxyl groups is 1. The maximum Gasteiger partial charge on any atom is 0.239 e. The van der Waals surface area contributed by atoms with Gasteiger partial charge in [-0.1, -0.05) is 19.1 Å². The molecule has 2 atom stereocenters. The fraction of sp³-hybridized carbons (Fsp3) is 0.520. The second-order valence-corrected chi connectivity index (χ2v) is 10.9. The highest BCUT2D eigenvalue weighted by Gasteiger charge is 2.40. The molecule has 0 aliphatic carbocycles. The Morgan fingerprint density at radius 3 is 2.66 bits per heavy atom. The zero-order chi connectivity index (χ0) is 26.4. The third kappa shape index (κ3) is 4.37. The standard InChI is InChI=1S/C25H32N8O4S/c1-3-19-26-17-7-4-5-8-18(17)33(19)24-28-21-20(22(29-24)32-11-13-37-14-12-32)27-23(30(21)2)25(34)9-6-10-31(15-25)16-38(35)36/h4-5,7-8,34H,3,6,9-16H2,1-2H3,(H,35,36). The molecule has 38 heavy (non-hydrogen) atoms. The third-order valence-electron chi connectivity index (χ3n) is 7.40. The summed E-state index contributed by atoms with van der Waals surface area (Å²) in [5, 5.41) is 11.8. The second kappa shape index (κ2) is 9.97. The van der Waals surface area contributed by atoms with Gasteiger partial charge in [-0.3, -0.25) is 9.47 Å². The van der Waals surface area contributed by atoms with E-state index in [1.807, 2.05) is 45.3 Å². The summed E-state index contributed by atoms with van der Waals surface area (Å²) < 4.78 is 30.3. The lowest BCUT2D eigenvalue weighted by Crippen LogP contribution is -2.48. The molecule has 2 fully saturated rings. The fourth-order valence-corrected chi connectivity index (χ4v) is 6.19. The molecule has 0 radical (unpaired) electrons. The highest BCUT2D eigenvalue weighted by Crippen LogP contribution is 2.35. The molecule has 0 amide bonds. The molecule has 0 saturated carbocycles. The Kier molecular flexibility index (Phi) is 6.64. The minimum atomic E-state index is -1.98. The van der Waals surface area contributed by atoms with Crippen molar-refractivity contribution in [2.24, 2.45) is 7.05 Å². The van der Waals surface area contributed by atoms with Crippen LogP contribution in [0.2, 0.25) is 0 Å². The van der Waals surface area contributed by atoms with Crippen LogP contribution < -0.4 is 4.90 Å². The number of ether oxygens (including phenoxy) is 1. The topological polar surface area (TPSA) is 135 Å². The number of piperidine rings is 1. The molecule has 202 valence electrons. The normalized spacial score (nSPS) is 21.9. The van der Waals surface area contributed by atoms with Gasteiger partial charge in [0.1, 0.15) is 23.1 Å². The molecule has 13 heteroatoms. The number of rotatable bonds is 6. The number of fused-ring (bicyclic) bond motifs is 2. The number of aromatic nitrogens is 6. The van der Waals surface area contributed by atoms with Crippen LogP contribution in [0.5, 0.6) is 0 Å². The van der Waals surface area contributed by atoms with Crippen molar-refractivity contribution in [3.63, 3.8) is 0 Å². The van der Waals surface area contributed by atoms with E-state index >= 15 is 0 Å². The average molecular weight is 541 g/mol. The summed E-state index contributed by atoms with van der Waals surface area (Å²) in [4.78, 5) is 23.7. The lowest BCUT2D eigenvalue weighted by atomic mass is 9.92. The van der Waals surface area contributed by atoms with Gasteiger partial charge in [0.15, 0.2) is 28.1 Å². The Balaban J connectivity index is 1.54. The molecule has 1 aromatic carbocycles. The number of likely N-dealkylation sites (tertiary alicyclic amines) is 1. The monoisotopic (exact) mass is 540 g/mol. The lowest BCUT2D eigenvalue weighted by molar-refractivity contribution is -0.0388. The largest absolute Gasteiger partial charge is 0.381 e. The van der Waals surface area contributed by atoms with Crippen LogP contribution in [0.25, 0.3) is 28.1 Å². The van der Waals surface area contributed by atoms with E-state index in [1.54, 1.807) is 0 Å². The van der Waals surface area contributed by atoms with Gasteiger partial charge in [-0.25, -0.2) is 14.2 Å². The van der Waals surface area contributed by atoms with Crippen molar-refractivity contribution in [1.82, 2.24) is 34.0 Å². The summed E-state index contributed by atoms with van der Waals surface area (Å²) in [6, 6.07) is 7.95. The summed E-state index contributed by atoms with van der Waals surface area (Å²) >= 11 is -1.98. The number of nitrogens with zero attached hydrogens (tertiary/aromatic N) is 8. The molecule has 0 bridgehead atoms. The van der Waals surface area contributed by atoms with E-state index in [4.69, 9.17) is 24.7 Å². The van der Waals surface area contributed by atoms with Gasteiger partial charge < -0.3 is 23.9 Å². The zero-order valence-corrected chi connectivity index (χ0v) is 22.4. The number of benzene rings is 1. The van der Waals surface area contributed by atoms with Gasteiger partial charge in [-0.05, 0) is 31.5 Å². The number of morpholine rings is 1. The van der Waals surface area contributed by atoms with Crippen LogP contribution in [-0.2, 0) is 34.9 Å². The van der Waals surface area contributed by atoms with Gasteiger partial charge in [0.25, 0.3) is 0 Å². The van der Waals surface area contributed by atoms with E-state index in [0.717, 1.165) is 16.9 Å². The maximum absolute atomic E-state index is 11.8. The average Bonchev–Trinajstić information content (AvgIpc) is 3.46. The van der Waals surface area contributed by atoms with E-state index in [0.29, 0.717) is 80.9 Å². The van der Waals surface area contributed by atoms with Crippen LogP contribution in [0.15, 0.2) is 24.3 Å². The Labute approximate surface area is 222 Å². The van der Waals surface area contributed by atoms with Crippen LogP contribution in [0, 0.1) is 0 Å². The molecule has 2 aliphatic rings. The second-order valence-electron chi connectivity index (χ2n) is 9.96. The lowest BCUT2D eigenvalue weighted by Gasteiger charge is -2.37. The molecule has 2 N–H and O–H groups in total. The van der Waals surface area contributed by atoms with Crippen molar-refractivity contribution in [2.45, 2.75) is 31.8 Å². The Bertz CT molecular complexity index is 1510. The van der Waals surface area contributed by atoms with Crippen molar-refractivity contribution in [2.75, 3.05) is 50.2 Å². The molecule has 2 aliphatic heterocycles. The van der Waals surface area contributed by atoms with E-state index in [9.17, 15) is 13.9 Å². The van der Waals surface area contributed by atoms with Crippen LogP contribution in [0.3, 0.4) is 0 Å². The molecule has 3 aromatic heterocycles. The van der Waals surface area contributed by atoms with Crippen LogP contribution in [0.4, 0.5) is 5.82 Å². The van der Waals surface area contributed by atoms with Gasteiger partial charge in [0.05, 0.1) is 24.2 Å². The molecule has 2 unspecified atom stereocenters. The fourth-order valence-electron chi connectivity index (χ4n) is 5.66. The summed E-state index contributed by atoms with van der Waals surface area (Å²) in [5.74, 6) is 2.53. The minimum Gasteiger partial charge on any atom is -0.381 e. The van der Waals surface area contributed by atoms with Crippen molar-refractivity contribution in [3.8, 4) is 5.95 Å². The molecule has 4 aromatic rings. The molecule has 12 nitrogen and oxygen atoms in total. The van der Waals surface area contributed by atoms with E-state index in [2.05, 4.69) is 11.8 Å². The predicted molar refractivity (Wildman–Crippen MR) is 144 cm³/mol. The molecular formula is C25H32N8O4S. The first kappa shape index (κ1) is 25.3. The molecule has 5 heterocycles. The SMILES string of the molecule is CCc1nc2ccccc2n1-c1nc(N2CCOCC2)c2nc(C3(O)CCCN(CS(=O)O)C3)n(C)c2n1. The van der Waals surface area contributed by atoms with Crippen LogP contribution in [0.1, 0.15) is 31.4 Å². The minimum absolute atomic E-state index is 0.0112. The van der Waals surface area contributed by atoms with E-state index in [-0.39, 0.29) is 12.4 Å². The smallest absolute Gasteiger partial charge is 0.239 e. The molecule has 6 rings (SSSR count). The number of hydrogen-bond acceptors (Lipinski definition) is 9. The summed E-state index contributed by atoms with van der Waals surface area (Å²) in [7, 11) is 1.86. The van der Waals surface area contributed by atoms with Gasteiger partial charge >= 0.3 is 0 Å².